The molecule has 0 heterocycles. The van der Waals surface area contributed by atoms with E-state index in [9.17, 15) is 10.1 Å². The molecule has 0 saturated heterocycles. The first kappa shape index (κ1) is 22.5. The number of nitriles is 1. The molecule has 0 saturated carbocycles. The van der Waals surface area contributed by atoms with Gasteiger partial charge in [-0.15, -0.1) is 0 Å². The highest BCUT2D eigenvalue weighted by atomic mass is 19.1. The van der Waals surface area contributed by atoms with Gasteiger partial charge in [-0.3, -0.25) is 9.79 Å². The molecule has 1 unspecified atom stereocenters. The molecule has 0 amide bonds. The molecule has 29 heavy (non-hydrogen) atoms. The maximum atomic E-state index is 15.0. The third-order valence-corrected chi connectivity index (χ3v) is 5.65. The Morgan fingerprint density at radius 3 is 2.52 bits per heavy atom. The Morgan fingerprint density at radius 1 is 1.34 bits per heavy atom. The van der Waals surface area contributed by atoms with Crippen LogP contribution < -0.4 is 0 Å². The van der Waals surface area contributed by atoms with E-state index in [2.05, 4.69) is 31.5 Å². The second-order valence-electron chi connectivity index (χ2n) is 8.72. The molecule has 4 heteroatoms. The van der Waals surface area contributed by atoms with E-state index in [4.69, 9.17) is 0 Å². The Balaban J connectivity index is 2.96. The molecule has 0 N–H and O–H groups in total. The van der Waals surface area contributed by atoms with Gasteiger partial charge in [0.1, 0.15) is 5.83 Å². The van der Waals surface area contributed by atoms with Crippen LogP contribution in [0.15, 0.2) is 64.6 Å². The van der Waals surface area contributed by atoms with E-state index in [0.717, 1.165) is 12.0 Å². The highest BCUT2D eigenvalue weighted by Crippen LogP contribution is 2.49. The van der Waals surface area contributed by atoms with E-state index >= 15 is 4.39 Å². The molecule has 1 aliphatic rings. The van der Waals surface area contributed by atoms with Crippen molar-refractivity contribution in [2.45, 2.75) is 59.8 Å². The summed E-state index contributed by atoms with van der Waals surface area (Å²) in [6, 6.07) is 9.19. The van der Waals surface area contributed by atoms with Crippen molar-refractivity contribution in [3.8, 4) is 6.07 Å². The topological polar surface area (TPSA) is 53.2 Å². The zero-order valence-electron chi connectivity index (χ0n) is 18.2. The normalized spacial score (nSPS) is 19.9. The fraction of sp³-hybridized carbons (Fsp3) is 0.400. The molecule has 152 valence electrons. The van der Waals surface area contributed by atoms with Crippen LogP contribution in [0.3, 0.4) is 0 Å². The van der Waals surface area contributed by atoms with Gasteiger partial charge < -0.3 is 0 Å². The number of halogens is 1. The number of rotatable bonds is 5. The Hall–Kier alpha value is -2.80. The minimum absolute atomic E-state index is 0.00811. The first-order valence-electron chi connectivity index (χ1n) is 9.74. The summed E-state index contributed by atoms with van der Waals surface area (Å²) in [5.74, 6) is -0.398. The van der Waals surface area contributed by atoms with Gasteiger partial charge in [-0.25, -0.2) is 4.39 Å². The van der Waals surface area contributed by atoms with E-state index in [1.54, 1.807) is 25.1 Å². The lowest BCUT2D eigenvalue weighted by molar-refractivity contribution is -0.118. The average molecular weight is 393 g/mol. The SMILES string of the molecule is C=CN=C(C)/C(=C(\C)F)C(C)(C1=C(C)CC(C)(C)CC1=O)c1cccc(C#N)c1. The number of aliphatic imine (C=N–C) groups is 1. The van der Waals surface area contributed by atoms with Crippen LogP contribution in [0.25, 0.3) is 0 Å². The lowest BCUT2D eigenvalue weighted by Crippen LogP contribution is -2.39. The molecule has 0 spiro atoms. The van der Waals surface area contributed by atoms with E-state index in [1.165, 1.54) is 13.1 Å². The highest BCUT2D eigenvalue weighted by molar-refractivity contribution is 6.08. The summed E-state index contributed by atoms with van der Waals surface area (Å²) in [6.07, 6.45) is 2.51. The molecule has 0 bridgehead atoms. The molecule has 0 fully saturated rings. The number of ketones is 1. The van der Waals surface area contributed by atoms with E-state index in [0.29, 0.717) is 34.4 Å². The van der Waals surface area contributed by atoms with Gasteiger partial charge in [-0.05, 0) is 57.2 Å². The van der Waals surface area contributed by atoms with Gasteiger partial charge in [0.2, 0.25) is 0 Å². The zero-order valence-corrected chi connectivity index (χ0v) is 18.2. The van der Waals surface area contributed by atoms with Crippen LogP contribution in [0.1, 0.15) is 65.5 Å². The van der Waals surface area contributed by atoms with Crippen molar-refractivity contribution in [3.05, 3.63) is 70.7 Å². The number of nitrogens with zero attached hydrogens (tertiary/aromatic N) is 2. The Labute approximate surface area is 173 Å². The van der Waals surface area contributed by atoms with E-state index in [1.807, 2.05) is 19.9 Å². The fourth-order valence-electron chi connectivity index (χ4n) is 4.81. The zero-order chi connectivity index (χ0) is 22.0. The van der Waals surface area contributed by atoms with E-state index in [-0.39, 0.29) is 11.2 Å². The third kappa shape index (κ3) is 4.29. The molecule has 1 atom stereocenters. The van der Waals surface area contributed by atoms with Crippen LogP contribution in [0.4, 0.5) is 4.39 Å². The van der Waals surface area contributed by atoms with Gasteiger partial charge in [0.05, 0.1) is 17.0 Å². The van der Waals surface area contributed by atoms with Gasteiger partial charge in [-0.2, -0.15) is 5.26 Å². The lowest BCUT2D eigenvalue weighted by atomic mass is 9.61. The Kier molecular flexibility index (Phi) is 6.43. The molecular weight excluding hydrogens is 363 g/mol. The maximum Gasteiger partial charge on any atom is 0.160 e. The minimum atomic E-state index is -1.07. The summed E-state index contributed by atoms with van der Waals surface area (Å²) in [7, 11) is 0. The highest BCUT2D eigenvalue weighted by Gasteiger charge is 2.45. The predicted octanol–water partition coefficient (Wildman–Crippen LogP) is 6.37. The van der Waals surface area contributed by atoms with Gasteiger partial charge in [-0.1, -0.05) is 38.1 Å². The fourth-order valence-corrected chi connectivity index (χ4v) is 4.81. The standard InChI is InChI=1S/C25H29FN2O/c1-8-28-18(4)23(17(3)26)25(7,20-11-9-10-19(12-20)15-27)22-16(2)13-24(5,6)14-21(22)29/h8-12H,1,13-14H2,2-7H3/b23-17-,28-18?. The smallest absolute Gasteiger partial charge is 0.160 e. The summed E-state index contributed by atoms with van der Waals surface area (Å²) in [6.45, 7) is 14.7. The van der Waals surface area contributed by atoms with Crippen LogP contribution in [0, 0.1) is 16.7 Å². The van der Waals surface area contributed by atoms with Crippen LogP contribution in [0.2, 0.25) is 0 Å². The van der Waals surface area contributed by atoms with Crippen molar-refractivity contribution in [1.29, 1.82) is 5.26 Å². The molecule has 2 rings (SSSR count). The largest absolute Gasteiger partial charge is 0.294 e. The molecule has 0 aromatic heterocycles. The second-order valence-corrected chi connectivity index (χ2v) is 8.72. The van der Waals surface area contributed by atoms with Crippen LogP contribution in [-0.4, -0.2) is 11.5 Å². The van der Waals surface area contributed by atoms with Crippen molar-refractivity contribution in [1.82, 2.24) is 0 Å². The molecular formula is C25H29FN2O. The van der Waals surface area contributed by atoms with Gasteiger partial charge in [0.25, 0.3) is 0 Å². The van der Waals surface area contributed by atoms with Crippen molar-refractivity contribution in [2.24, 2.45) is 10.4 Å². The van der Waals surface area contributed by atoms with Crippen molar-refractivity contribution >= 4 is 11.5 Å². The van der Waals surface area contributed by atoms with Crippen molar-refractivity contribution in [2.75, 3.05) is 0 Å². The van der Waals surface area contributed by atoms with E-state index < -0.39 is 11.2 Å². The second kappa shape index (κ2) is 8.29. The molecule has 3 nitrogen and oxygen atoms in total. The summed E-state index contributed by atoms with van der Waals surface area (Å²) < 4.78 is 15.0. The number of Topliss-reactive ketones (excluding diaryl/α,β-unsaturated/α-hetero) is 1. The summed E-state index contributed by atoms with van der Waals surface area (Å²) in [4.78, 5) is 17.6. The van der Waals surface area contributed by atoms with Gasteiger partial charge in [0.15, 0.2) is 5.78 Å². The van der Waals surface area contributed by atoms with Gasteiger partial charge >= 0.3 is 0 Å². The number of allylic oxidation sites excluding steroid dienone is 4. The predicted molar refractivity (Wildman–Crippen MR) is 116 cm³/mol. The van der Waals surface area contributed by atoms with Crippen LogP contribution in [0.5, 0.6) is 0 Å². The number of hydrogen-bond donors (Lipinski definition) is 0. The summed E-state index contributed by atoms with van der Waals surface area (Å²) >= 11 is 0. The number of benzene rings is 1. The molecule has 0 radical (unpaired) electrons. The van der Waals surface area contributed by atoms with Crippen molar-refractivity contribution in [3.63, 3.8) is 0 Å². The van der Waals surface area contributed by atoms with Gasteiger partial charge in [0, 0.05) is 29.5 Å². The van der Waals surface area contributed by atoms with Crippen LogP contribution in [-0.2, 0) is 10.2 Å². The summed E-state index contributed by atoms with van der Waals surface area (Å²) in [5.41, 5.74) is 2.30. The maximum absolute atomic E-state index is 15.0. The monoisotopic (exact) mass is 392 g/mol. The van der Waals surface area contributed by atoms with Crippen LogP contribution >= 0.6 is 0 Å². The number of hydrogen-bond acceptors (Lipinski definition) is 3. The first-order valence-corrected chi connectivity index (χ1v) is 9.74. The Morgan fingerprint density at radius 2 is 2.00 bits per heavy atom. The molecule has 0 aliphatic heterocycles. The molecule has 1 aliphatic carbocycles. The van der Waals surface area contributed by atoms with Crippen molar-refractivity contribution < 1.29 is 9.18 Å². The lowest BCUT2D eigenvalue weighted by Gasteiger charge is -2.41. The first-order chi connectivity index (χ1) is 13.5. The summed E-state index contributed by atoms with van der Waals surface area (Å²) in [5, 5.41) is 9.40. The molecule has 1 aromatic carbocycles. The minimum Gasteiger partial charge on any atom is -0.294 e. The molecule has 1 aromatic rings. The Bertz CT molecular complexity index is 984. The number of carbonyl (C=O) groups excluding carboxylic acids is 1. The number of carbonyl (C=O) groups is 1. The average Bonchev–Trinajstić information content (AvgIpc) is 2.59. The third-order valence-electron chi connectivity index (χ3n) is 5.65. The quantitative estimate of drug-likeness (QED) is 0.547.